The van der Waals surface area contributed by atoms with Gasteiger partial charge in [-0.05, 0) is 38.3 Å². The minimum Gasteiger partial charge on any atom is -0.492 e. The molecule has 124 valence electrons. The van der Waals surface area contributed by atoms with E-state index in [4.69, 9.17) is 15.2 Å². The molecule has 1 atom stereocenters. The maximum Gasteiger partial charge on any atom is 0.236 e. The van der Waals surface area contributed by atoms with Gasteiger partial charge in [-0.25, -0.2) is 0 Å². The van der Waals surface area contributed by atoms with Crippen LogP contribution in [0.2, 0.25) is 0 Å². The summed E-state index contributed by atoms with van der Waals surface area (Å²) in [5, 5.41) is 2.95. The van der Waals surface area contributed by atoms with Crippen LogP contribution in [-0.2, 0) is 10.2 Å². The van der Waals surface area contributed by atoms with Crippen LogP contribution in [0.15, 0.2) is 12.1 Å². The zero-order chi connectivity index (χ0) is 16.2. The number of fused-ring (bicyclic) bond motifs is 2. The lowest BCUT2D eigenvalue weighted by Crippen LogP contribution is -2.52. The molecule has 1 aromatic carbocycles. The predicted octanol–water partition coefficient (Wildman–Crippen LogP) is 1.79. The highest BCUT2D eigenvalue weighted by atomic mass is 16.5. The Hall–Kier alpha value is -1.75. The maximum absolute atomic E-state index is 11.6. The second-order valence-electron chi connectivity index (χ2n) is 7.36. The highest BCUT2D eigenvalue weighted by Crippen LogP contribution is 2.59. The largest absolute Gasteiger partial charge is 0.492 e. The monoisotopic (exact) mass is 316 g/mol. The fourth-order valence-electron chi connectivity index (χ4n) is 3.57. The van der Waals surface area contributed by atoms with E-state index in [2.05, 4.69) is 24.4 Å². The molecule has 2 saturated carbocycles. The summed E-state index contributed by atoms with van der Waals surface area (Å²) in [7, 11) is 0. The quantitative estimate of drug-likeness (QED) is 0.888. The summed E-state index contributed by atoms with van der Waals surface area (Å²) in [5.74, 6) is 1.92. The van der Waals surface area contributed by atoms with Crippen LogP contribution in [0.4, 0.5) is 0 Å². The van der Waals surface area contributed by atoms with Crippen molar-refractivity contribution in [2.75, 3.05) is 6.61 Å². The summed E-state index contributed by atoms with van der Waals surface area (Å²) in [6.45, 7) is 4.58. The number of benzene rings is 1. The minimum atomic E-state index is -0.456. The molecule has 0 bridgehead atoms. The lowest BCUT2D eigenvalue weighted by atomic mass is 9.88. The Kier molecular flexibility index (Phi) is 3.30. The number of ether oxygens (including phenoxy) is 2. The molecule has 1 amide bonds. The Morgan fingerprint density at radius 3 is 2.83 bits per heavy atom. The molecule has 0 saturated heterocycles. The molecular formula is C18H24N2O3. The highest BCUT2D eigenvalue weighted by Gasteiger charge is 2.53. The Labute approximate surface area is 136 Å². The molecule has 1 spiro atoms. The third-order valence-electron chi connectivity index (χ3n) is 5.34. The lowest BCUT2D eigenvalue weighted by molar-refractivity contribution is -0.123. The molecule has 1 aromatic rings. The van der Waals surface area contributed by atoms with Crippen LogP contribution in [0.25, 0.3) is 0 Å². The molecule has 4 rings (SSSR count). The first kappa shape index (κ1) is 14.8. The van der Waals surface area contributed by atoms with Crippen LogP contribution >= 0.6 is 0 Å². The molecule has 23 heavy (non-hydrogen) atoms. The Bertz CT molecular complexity index is 646. The van der Waals surface area contributed by atoms with E-state index in [0.29, 0.717) is 0 Å². The molecule has 1 heterocycles. The number of nitrogens with two attached hydrogens (primary N) is 1. The molecule has 0 aromatic heterocycles. The first-order valence-corrected chi connectivity index (χ1v) is 8.48. The second-order valence-corrected chi connectivity index (χ2v) is 7.36. The van der Waals surface area contributed by atoms with E-state index in [1.165, 1.54) is 24.0 Å². The third kappa shape index (κ3) is 2.47. The summed E-state index contributed by atoms with van der Waals surface area (Å²) in [6, 6.07) is 3.88. The van der Waals surface area contributed by atoms with Gasteiger partial charge in [-0.3, -0.25) is 4.79 Å². The normalized spacial score (nSPS) is 27.6. The summed E-state index contributed by atoms with van der Waals surface area (Å²) >= 11 is 0. The lowest BCUT2D eigenvalue weighted by Gasteiger charge is -2.36. The number of hydrogen-bond acceptors (Lipinski definition) is 4. The summed E-state index contributed by atoms with van der Waals surface area (Å²) < 4.78 is 12.2. The molecular weight excluding hydrogens is 292 g/mol. The van der Waals surface area contributed by atoms with Crippen molar-refractivity contribution in [1.29, 1.82) is 0 Å². The fraction of sp³-hybridized carbons (Fsp3) is 0.611. The van der Waals surface area contributed by atoms with Crippen molar-refractivity contribution in [2.24, 2.45) is 5.73 Å². The van der Waals surface area contributed by atoms with Gasteiger partial charge in [-0.1, -0.05) is 6.07 Å². The van der Waals surface area contributed by atoms with E-state index in [0.717, 1.165) is 30.9 Å². The van der Waals surface area contributed by atoms with E-state index in [9.17, 15) is 4.79 Å². The van der Waals surface area contributed by atoms with Gasteiger partial charge in [0.1, 0.15) is 17.6 Å². The van der Waals surface area contributed by atoms with Crippen molar-refractivity contribution < 1.29 is 14.3 Å². The van der Waals surface area contributed by atoms with E-state index in [1.54, 1.807) is 6.92 Å². The van der Waals surface area contributed by atoms with E-state index in [1.807, 2.05) is 0 Å². The second kappa shape index (κ2) is 5.13. The number of nitrogens with one attached hydrogen (secondary N) is 1. The van der Waals surface area contributed by atoms with Gasteiger partial charge in [0.05, 0.1) is 12.6 Å². The van der Waals surface area contributed by atoms with Gasteiger partial charge in [-0.15, -0.1) is 0 Å². The third-order valence-corrected chi connectivity index (χ3v) is 5.34. The molecule has 1 aliphatic heterocycles. The van der Waals surface area contributed by atoms with Gasteiger partial charge in [-0.2, -0.15) is 0 Å². The van der Waals surface area contributed by atoms with Crippen molar-refractivity contribution in [3.05, 3.63) is 23.3 Å². The smallest absolute Gasteiger partial charge is 0.236 e. The average Bonchev–Trinajstić information content (AvgIpc) is 3.14. The summed E-state index contributed by atoms with van der Waals surface area (Å²) in [4.78, 5) is 11.6. The van der Waals surface area contributed by atoms with Crippen LogP contribution in [0.5, 0.6) is 11.5 Å². The molecule has 5 nitrogen and oxygen atoms in total. The zero-order valence-electron chi connectivity index (χ0n) is 13.7. The molecule has 3 N–H and O–H groups in total. The van der Waals surface area contributed by atoms with Gasteiger partial charge in [0, 0.05) is 29.9 Å². The fourth-order valence-corrected chi connectivity index (χ4v) is 3.57. The van der Waals surface area contributed by atoms with Gasteiger partial charge in [0.25, 0.3) is 0 Å². The van der Waals surface area contributed by atoms with E-state index in [-0.39, 0.29) is 23.5 Å². The molecule has 5 heteroatoms. The van der Waals surface area contributed by atoms with Crippen LogP contribution in [0.1, 0.15) is 43.7 Å². The molecule has 0 radical (unpaired) electrons. The number of hydrogen-bond donors (Lipinski definition) is 2. The van der Waals surface area contributed by atoms with Crippen molar-refractivity contribution in [3.63, 3.8) is 0 Å². The number of aryl methyl sites for hydroxylation is 1. The van der Waals surface area contributed by atoms with Crippen LogP contribution in [0.3, 0.4) is 0 Å². The Morgan fingerprint density at radius 2 is 2.17 bits per heavy atom. The number of amides is 1. The standard InChI is InChI=1S/C18H24N2O3/c1-10-3-4-14(15-16(10)22-9-18(15)5-6-18)23-13-7-12(8-13)20-17(21)11(2)19/h3-4,11-13H,5-9,19H2,1-2H3,(H,20,21). The van der Waals surface area contributed by atoms with Crippen LogP contribution in [0, 0.1) is 6.92 Å². The van der Waals surface area contributed by atoms with Crippen molar-refractivity contribution in [3.8, 4) is 11.5 Å². The highest BCUT2D eigenvalue weighted by molar-refractivity contribution is 5.81. The minimum absolute atomic E-state index is 0.0880. The topological polar surface area (TPSA) is 73.6 Å². The average molecular weight is 316 g/mol. The van der Waals surface area contributed by atoms with E-state index < -0.39 is 6.04 Å². The molecule has 2 fully saturated rings. The molecule has 3 aliphatic rings. The molecule has 1 unspecified atom stereocenters. The first-order chi connectivity index (χ1) is 11.0. The predicted molar refractivity (Wildman–Crippen MR) is 86.8 cm³/mol. The van der Waals surface area contributed by atoms with Gasteiger partial charge in [0.15, 0.2) is 0 Å². The Balaban J connectivity index is 1.42. The number of carbonyl (C=O) groups is 1. The maximum atomic E-state index is 11.6. The zero-order valence-corrected chi connectivity index (χ0v) is 13.7. The van der Waals surface area contributed by atoms with Crippen molar-refractivity contribution >= 4 is 5.91 Å². The van der Waals surface area contributed by atoms with Crippen molar-refractivity contribution in [2.45, 2.75) is 63.1 Å². The van der Waals surface area contributed by atoms with Gasteiger partial charge >= 0.3 is 0 Å². The summed E-state index contributed by atoms with van der Waals surface area (Å²) in [5.41, 5.74) is 8.25. The number of carbonyl (C=O) groups excluding carboxylic acids is 1. The van der Waals surface area contributed by atoms with E-state index >= 15 is 0 Å². The van der Waals surface area contributed by atoms with Crippen molar-refractivity contribution in [1.82, 2.24) is 5.32 Å². The molecule has 2 aliphatic carbocycles. The van der Waals surface area contributed by atoms with Crippen LogP contribution < -0.4 is 20.5 Å². The van der Waals surface area contributed by atoms with Crippen LogP contribution in [-0.4, -0.2) is 30.7 Å². The van der Waals surface area contributed by atoms with Gasteiger partial charge in [0.2, 0.25) is 5.91 Å². The summed E-state index contributed by atoms with van der Waals surface area (Å²) in [6.07, 6.45) is 4.23. The SMILES string of the molecule is Cc1ccc(OC2CC(NC(=O)C(C)N)C2)c2c1OCC21CC1. The Morgan fingerprint density at radius 1 is 1.43 bits per heavy atom. The van der Waals surface area contributed by atoms with Gasteiger partial charge < -0.3 is 20.5 Å². The number of rotatable bonds is 4. The first-order valence-electron chi connectivity index (χ1n) is 8.48.